The van der Waals surface area contributed by atoms with Gasteiger partial charge < -0.3 is 4.74 Å². The number of nitriles is 1. The number of nitrogens with zero attached hydrogens (tertiary/aromatic N) is 1. The fourth-order valence-electron chi connectivity index (χ4n) is 1.03. The van der Waals surface area contributed by atoms with Crippen molar-refractivity contribution in [2.45, 2.75) is 6.92 Å². The predicted molar refractivity (Wildman–Crippen MR) is 67.5 cm³/mol. The van der Waals surface area contributed by atoms with E-state index in [0.29, 0.717) is 25.8 Å². The number of esters is 1. The molecule has 0 aliphatic carbocycles. The molecule has 15 heavy (non-hydrogen) atoms. The van der Waals surface area contributed by atoms with E-state index in [1.807, 2.05) is 28.7 Å². The van der Waals surface area contributed by atoms with E-state index in [4.69, 9.17) is 10.00 Å². The molecule has 0 fully saturated rings. The Bertz CT molecular complexity index is 440. The summed E-state index contributed by atoms with van der Waals surface area (Å²) < 4.78 is 6.21. The Kier molecular flexibility index (Phi) is 4.54. The van der Waals surface area contributed by atoms with Crippen LogP contribution in [0.1, 0.15) is 22.8 Å². The first-order valence-corrected chi connectivity index (χ1v) is 6.03. The molecule has 78 valence electrons. The lowest BCUT2D eigenvalue weighted by Crippen LogP contribution is -2.07. The molecule has 0 amide bonds. The predicted octanol–water partition coefficient (Wildman–Crippen LogP) is 3.10. The molecular formula is C10H7BrINO2. The SMILES string of the molecule is CCOC(=O)c1cc(Br)cc(C#N)c1I. The molecule has 1 aromatic rings. The summed E-state index contributed by atoms with van der Waals surface area (Å²) in [5.74, 6) is -0.403. The Morgan fingerprint density at radius 3 is 2.87 bits per heavy atom. The first kappa shape index (κ1) is 12.5. The summed E-state index contributed by atoms with van der Waals surface area (Å²) in [5, 5.41) is 8.85. The molecule has 0 heterocycles. The molecule has 0 saturated heterocycles. The van der Waals surface area contributed by atoms with Gasteiger partial charge in [0.05, 0.1) is 17.7 Å². The molecule has 1 aromatic carbocycles. The van der Waals surface area contributed by atoms with Gasteiger partial charge in [-0.2, -0.15) is 5.26 Å². The van der Waals surface area contributed by atoms with E-state index >= 15 is 0 Å². The van der Waals surface area contributed by atoms with Crippen LogP contribution in [0.25, 0.3) is 0 Å². The third kappa shape index (κ3) is 2.92. The lowest BCUT2D eigenvalue weighted by atomic mass is 10.1. The molecule has 0 N–H and O–H groups in total. The molecule has 0 spiro atoms. The van der Waals surface area contributed by atoms with Crippen molar-refractivity contribution in [1.29, 1.82) is 5.26 Å². The zero-order chi connectivity index (χ0) is 11.4. The fraction of sp³-hybridized carbons (Fsp3) is 0.200. The van der Waals surface area contributed by atoms with Crippen molar-refractivity contribution < 1.29 is 9.53 Å². The Morgan fingerprint density at radius 2 is 2.33 bits per heavy atom. The number of halogens is 2. The minimum Gasteiger partial charge on any atom is -0.462 e. The molecular weight excluding hydrogens is 373 g/mol. The van der Waals surface area contributed by atoms with Gasteiger partial charge in [-0.15, -0.1) is 0 Å². The fourth-order valence-corrected chi connectivity index (χ4v) is 2.14. The van der Waals surface area contributed by atoms with E-state index < -0.39 is 5.97 Å². The summed E-state index contributed by atoms with van der Waals surface area (Å²) in [7, 11) is 0. The average Bonchev–Trinajstić information content (AvgIpc) is 2.21. The van der Waals surface area contributed by atoms with Gasteiger partial charge >= 0.3 is 5.97 Å². The number of rotatable bonds is 2. The quantitative estimate of drug-likeness (QED) is 0.586. The molecule has 0 radical (unpaired) electrons. The van der Waals surface area contributed by atoms with Crippen LogP contribution in [0.15, 0.2) is 16.6 Å². The maximum atomic E-state index is 11.5. The van der Waals surface area contributed by atoms with Gasteiger partial charge in [0.25, 0.3) is 0 Å². The number of hydrogen-bond acceptors (Lipinski definition) is 3. The highest BCUT2D eigenvalue weighted by Gasteiger charge is 2.15. The summed E-state index contributed by atoms with van der Waals surface area (Å²) in [5.41, 5.74) is 0.886. The first-order chi connectivity index (χ1) is 7.10. The standard InChI is InChI=1S/C10H7BrINO2/c1-2-15-10(14)8-4-7(11)3-6(5-13)9(8)12/h3-4H,2H2,1H3. The van der Waals surface area contributed by atoms with Crippen molar-refractivity contribution in [2.24, 2.45) is 0 Å². The zero-order valence-corrected chi connectivity index (χ0v) is 11.6. The minimum absolute atomic E-state index is 0.323. The lowest BCUT2D eigenvalue weighted by Gasteiger charge is -2.06. The second-order valence-electron chi connectivity index (χ2n) is 2.65. The van der Waals surface area contributed by atoms with Crippen LogP contribution in [0.5, 0.6) is 0 Å². The number of ether oxygens (including phenoxy) is 1. The summed E-state index contributed by atoms with van der Waals surface area (Å²) in [4.78, 5) is 11.5. The van der Waals surface area contributed by atoms with Gasteiger partial charge in [0, 0.05) is 8.04 Å². The van der Waals surface area contributed by atoms with E-state index in [1.165, 1.54) is 0 Å². The van der Waals surface area contributed by atoms with Crippen LogP contribution in [0.4, 0.5) is 0 Å². The maximum absolute atomic E-state index is 11.5. The summed E-state index contributed by atoms with van der Waals surface area (Å²) in [6, 6.07) is 5.35. The second-order valence-corrected chi connectivity index (χ2v) is 4.64. The van der Waals surface area contributed by atoms with Crippen LogP contribution in [-0.2, 0) is 4.74 Å². The van der Waals surface area contributed by atoms with Crippen molar-refractivity contribution in [3.05, 3.63) is 31.3 Å². The normalized spacial score (nSPS) is 9.47. The number of carbonyl (C=O) groups is 1. The highest BCUT2D eigenvalue weighted by molar-refractivity contribution is 14.1. The molecule has 0 aliphatic rings. The van der Waals surface area contributed by atoms with Crippen LogP contribution < -0.4 is 0 Å². The largest absolute Gasteiger partial charge is 0.462 e. The highest BCUT2D eigenvalue weighted by Crippen LogP contribution is 2.23. The van der Waals surface area contributed by atoms with E-state index in [2.05, 4.69) is 15.9 Å². The van der Waals surface area contributed by atoms with Gasteiger partial charge in [0.15, 0.2) is 0 Å². The number of carbonyl (C=O) groups excluding carboxylic acids is 1. The van der Waals surface area contributed by atoms with Gasteiger partial charge in [-0.05, 0) is 41.6 Å². The number of benzene rings is 1. The smallest absolute Gasteiger partial charge is 0.339 e. The molecule has 3 nitrogen and oxygen atoms in total. The van der Waals surface area contributed by atoms with Crippen LogP contribution in [0.2, 0.25) is 0 Å². The van der Waals surface area contributed by atoms with Crippen molar-refractivity contribution in [3.8, 4) is 6.07 Å². The maximum Gasteiger partial charge on any atom is 0.339 e. The third-order valence-electron chi connectivity index (χ3n) is 1.65. The first-order valence-electron chi connectivity index (χ1n) is 4.16. The van der Waals surface area contributed by atoms with Crippen LogP contribution in [0, 0.1) is 14.9 Å². The van der Waals surface area contributed by atoms with Crippen LogP contribution in [-0.4, -0.2) is 12.6 Å². The van der Waals surface area contributed by atoms with Crippen molar-refractivity contribution in [1.82, 2.24) is 0 Å². The highest BCUT2D eigenvalue weighted by atomic mass is 127. The lowest BCUT2D eigenvalue weighted by molar-refractivity contribution is 0.0525. The molecule has 1 rings (SSSR count). The summed E-state index contributed by atoms with van der Waals surface area (Å²) in [6.45, 7) is 2.07. The summed E-state index contributed by atoms with van der Waals surface area (Å²) >= 11 is 5.21. The average molecular weight is 380 g/mol. The molecule has 0 atom stereocenters. The van der Waals surface area contributed by atoms with E-state index in [0.717, 1.165) is 0 Å². The number of hydrogen-bond donors (Lipinski definition) is 0. The Labute approximate surface area is 110 Å². The van der Waals surface area contributed by atoms with E-state index in [9.17, 15) is 4.79 Å². The van der Waals surface area contributed by atoms with Crippen LogP contribution >= 0.6 is 38.5 Å². The third-order valence-corrected chi connectivity index (χ3v) is 3.27. The Balaban J connectivity index is 3.24. The zero-order valence-electron chi connectivity index (χ0n) is 7.88. The minimum atomic E-state index is -0.403. The van der Waals surface area contributed by atoms with Crippen molar-refractivity contribution >= 4 is 44.5 Å². The molecule has 0 aromatic heterocycles. The van der Waals surface area contributed by atoms with E-state index in [1.54, 1.807) is 19.1 Å². The van der Waals surface area contributed by atoms with Crippen molar-refractivity contribution in [3.63, 3.8) is 0 Å². The topological polar surface area (TPSA) is 50.1 Å². The van der Waals surface area contributed by atoms with Gasteiger partial charge in [0.1, 0.15) is 6.07 Å². The summed E-state index contributed by atoms with van der Waals surface area (Å²) in [6.07, 6.45) is 0. The van der Waals surface area contributed by atoms with Gasteiger partial charge in [-0.1, -0.05) is 15.9 Å². The van der Waals surface area contributed by atoms with Crippen LogP contribution in [0.3, 0.4) is 0 Å². The van der Waals surface area contributed by atoms with Gasteiger partial charge in [-0.3, -0.25) is 0 Å². The van der Waals surface area contributed by atoms with E-state index in [-0.39, 0.29) is 0 Å². The van der Waals surface area contributed by atoms with Gasteiger partial charge in [0.2, 0.25) is 0 Å². The molecule has 0 bridgehead atoms. The molecule has 0 aliphatic heterocycles. The Morgan fingerprint density at radius 1 is 1.67 bits per heavy atom. The molecule has 0 saturated carbocycles. The molecule has 5 heteroatoms. The second kappa shape index (κ2) is 5.47. The van der Waals surface area contributed by atoms with Gasteiger partial charge in [-0.25, -0.2) is 4.79 Å². The Hall–Kier alpha value is -0.610. The monoisotopic (exact) mass is 379 g/mol. The van der Waals surface area contributed by atoms with Crippen molar-refractivity contribution in [2.75, 3.05) is 6.61 Å². The molecule has 0 unspecified atom stereocenters.